The maximum Gasteiger partial charge on any atom is 0.129 e. The summed E-state index contributed by atoms with van der Waals surface area (Å²) in [7, 11) is 2.14. The van der Waals surface area contributed by atoms with Gasteiger partial charge in [0, 0.05) is 56.0 Å². The molecule has 24 heavy (non-hydrogen) atoms. The minimum atomic E-state index is -0.584. The van der Waals surface area contributed by atoms with Gasteiger partial charge in [-0.2, -0.15) is 0 Å². The van der Waals surface area contributed by atoms with Crippen LogP contribution in [0.1, 0.15) is 30.9 Å². The third kappa shape index (κ3) is 2.58. The number of nitrogens with two attached hydrogens (primary N) is 1. The second-order valence-electron chi connectivity index (χ2n) is 6.98. The fraction of sp³-hybridized carbons (Fsp3) is 0.556. The quantitative estimate of drug-likeness (QED) is 0.901. The SMILES string of the molecule is CN1CCC2=C1CCN2[C@H]1CO[C@H](c2cc(F)ccc2F)[C@@H](N)C1. The molecule has 1 fully saturated rings. The van der Waals surface area contributed by atoms with Crippen molar-refractivity contribution in [1.29, 1.82) is 0 Å². The van der Waals surface area contributed by atoms with Crippen LogP contribution in [0.4, 0.5) is 8.78 Å². The summed E-state index contributed by atoms with van der Waals surface area (Å²) in [5.74, 6) is -0.924. The fourth-order valence-electron chi connectivity index (χ4n) is 4.30. The van der Waals surface area contributed by atoms with E-state index in [9.17, 15) is 8.78 Å². The second-order valence-corrected chi connectivity index (χ2v) is 6.98. The summed E-state index contributed by atoms with van der Waals surface area (Å²) in [6.45, 7) is 2.56. The van der Waals surface area contributed by atoms with Gasteiger partial charge in [0.05, 0.1) is 12.6 Å². The molecule has 3 aliphatic rings. The predicted molar refractivity (Wildman–Crippen MR) is 87.0 cm³/mol. The molecule has 0 bridgehead atoms. The highest BCUT2D eigenvalue weighted by Crippen LogP contribution is 2.38. The van der Waals surface area contributed by atoms with Crippen molar-refractivity contribution < 1.29 is 13.5 Å². The molecule has 3 aliphatic heterocycles. The van der Waals surface area contributed by atoms with Crippen LogP contribution in [0.5, 0.6) is 0 Å². The Bertz CT molecular complexity index is 678. The lowest BCUT2D eigenvalue weighted by atomic mass is 9.93. The molecule has 3 heterocycles. The number of hydrogen-bond acceptors (Lipinski definition) is 4. The average molecular weight is 335 g/mol. The lowest BCUT2D eigenvalue weighted by Crippen LogP contribution is -2.48. The Morgan fingerprint density at radius 3 is 2.75 bits per heavy atom. The Balaban J connectivity index is 1.49. The third-order valence-electron chi connectivity index (χ3n) is 5.52. The lowest BCUT2D eigenvalue weighted by molar-refractivity contribution is -0.0433. The van der Waals surface area contributed by atoms with Gasteiger partial charge in [-0.15, -0.1) is 0 Å². The van der Waals surface area contributed by atoms with Crippen LogP contribution in [-0.4, -0.2) is 48.6 Å². The first kappa shape index (κ1) is 15.8. The highest BCUT2D eigenvalue weighted by atomic mass is 19.1. The first-order valence-corrected chi connectivity index (χ1v) is 8.56. The van der Waals surface area contributed by atoms with Gasteiger partial charge >= 0.3 is 0 Å². The van der Waals surface area contributed by atoms with E-state index in [0.717, 1.165) is 44.5 Å². The Morgan fingerprint density at radius 1 is 1.17 bits per heavy atom. The number of halogens is 2. The summed E-state index contributed by atoms with van der Waals surface area (Å²) in [4.78, 5) is 4.74. The molecule has 4 nitrogen and oxygen atoms in total. The van der Waals surface area contributed by atoms with Gasteiger partial charge in [0.1, 0.15) is 17.7 Å². The summed E-state index contributed by atoms with van der Waals surface area (Å²) in [6, 6.07) is 3.32. The van der Waals surface area contributed by atoms with E-state index in [-0.39, 0.29) is 17.6 Å². The molecule has 6 heteroatoms. The molecule has 1 aromatic rings. The van der Waals surface area contributed by atoms with Crippen molar-refractivity contribution in [3.63, 3.8) is 0 Å². The Hall–Kier alpha value is -1.66. The van der Waals surface area contributed by atoms with Crippen LogP contribution in [0.25, 0.3) is 0 Å². The van der Waals surface area contributed by atoms with Gasteiger partial charge in [0.2, 0.25) is 0 Å². The minimum absolute atomic E-state index is 0.215. The van der Waals surface area contributed by atoms with Gasteiger partial charge in [0.25, 0.3) is 0 Å². The third-order valence-corrected chi connectivity index (χ3v) is 5.52. The van der Waals surface area contributed by atoms with E-state index in [1.807, 2.05) is 0 Å². The van der Waals surface area contributed by atoms with E-state index < -0.39 is 17.7 Å². The number of hydrogen-bond donors (Lipinski definition) is 1. The maximum absolute atomic E-state index is 14.0. The van der Waals surface area contributed by atoms with E-state index >= 15 is 0 Å². The van der Waals surface area contributed by atoms with E-state index in [0.29, 0.717) is 6.61 Å². The van der Waals surface area contributed by atoms with E-state index in [4.69, 9.17) is 10.5 Å². The van der Waals surface area contributed by atoms with Crippen LogP contribution in [-0.2, 0) is 4.74 Å². The van der Waals surface area contributed by atoms with Gasteiger partial charge < -0.3 is 20.3 Å². The normalized spacial score (nSPS) is 30.2. The summed E-state index contributed by atoms with van der Waals surface area (Å²) in [5.41, 5.74) is 9.35. The van der Waals surface area contributed by atoms with Crippen LogP contribution in [0, 0.1) is 11.6 Å². The molecule has 0 aromatic heterocycles. The molecule has 0 amide bonds. The molecule has 0 aliphatic carbocycles. The number of ether oxygens (including phenoxy) is 1. The molecule has 0 unspecified atom stereocenters. The van der Waals surface area contributed by atoms with Gasteiger partial charge in [0.15, 0.2) is 0 Å². The van der Waals surface area contributed by atoms with E-state index in [2.05, 4.69) is 16.8 Å². The van der Waals surface area contributed by atoms with Crippen LogP contribution in [0.3, 0.4) is 0 Å². The van der Waals surface area contributed by atoms with Crippen molar-refractivity contribution in [2.75, 3.05) is 26.7 Å². The Kier molecular flexibility index (Phi) is 3.96. The van der Waals surface area contributed by atoms with Crippen molar-refractivity contribution in [2.24, 2.45) is 5.73 Å². The van der Waals surface area contributed by atoms with Crippen molar-refractivity contribution in [3.8, 4) is 0 Å². The number of benzene rings is 1. The number of nitrogens with zero attached hydrogens (tertiary/aromatic N) is 2. The lowest BCUT2D eigenvalue weighted by Gasteiger charge is -2.40. The first-order chi connectivity index (χ1) is 11.5. The van der Waals surface area contributed by atoms with Gasteiger partial charge in [-0.3, -0.25) is 0 Å². The zero-order valence-corrected chi connectivity index (χ0v) is 13.8. The summed E-state index contributed by atoms with van der Waals surface area (Å²) in [5, 5.41) is 0. The highest BCUT2D eigenvalue weighted by molar-refractivity contribution is 5.26. The smallest absolute Gasteiger partial charge is 0.129 e. The predicted octanol–water partition coefficient (Wildman–Crippen LogP) is 2.37. The van der Waals surface area contributed by atoms with Gasteiger partial charge in [-0.05, 0) is 24.6 Å². The molecular formula is C18H23F2N3O. The summed E-state index contributed by atoms with van der Waals surface area (Å²) < 4.78 is 33.4. The summed E-state index contributed by atoms with van der Waals surface area (Å²) in [6.07, 6.45) is 2.28. The van der Waals surface area contributed by atoms with Crippen molar-refractivity contribution in [2.45, 2.75) is 37.5 Å². The highest BCUT2D eigenvalue weighted by Gasteiger charge is 2.39. The van der Waals surface area contributed by atoms with Crippen molar-refractivity contribution in [3.05, 3.63) is 46.8 Å². The topological polar surface area (TPSA) is 41.7 Å². The largest absolute Gasteiger partial charge is 0.376 e. The second kappa shape index (κ2) is 6.01. The van der Waals surface area contributed by atoms with E-state index in [1.54, 1.807) is 0 Å². The van der Waals surface area contributed by atoms with Gasteiger partial charge in [-0.1, -0.05) is 0 Å². The monoisotopic (exact) mass is 335 g/mol. The molecule has 0 spiro atoms. The minimum Gasteiger partial charge on any atom is -0.376 e. The molecule has 2 N–H and O–H groups in total. The van der Waals surface area contributed by atoms with Crippen LogP contribution in [0.15, 0.2) is 29.6 Å². The molecule has 0 radical (unpaired) electrons. The molecular weight excluding hydrogens is 312 g/mol. The maximum atomic E-state index is 14.0. The standard InChI is InChI=1S/C18H23F2N3O/c1-22-6-4-17-16(22)5-7-23(17)12-9-15(21)18(24-10-12)13-8-11(19)2-3-14(13)20/h2-3,8,12,15,18H,4-7,9-10,21H2,1H3/t12-,15+,18-/m1/s1. The van der Waals surface area contributed by atoms with Crippen LogP contribution >= 0.6 is 0 Å². The zero-order chi connectivity index (χ0) is 16.8. The molecule has 0 saturated carbocycles. The van der Waals surface area contributed by atoms with Crippen LogP contribution in [0.2, 0.25) is 0 Å². The van der Waals surface area contributed by atoms with Crippen LogP contribution < -0.4 is 5.73 Å². The Labute approximate surface area is 140 Å². The zero-order valence-electron chi connectivity index (χ0n) is 13.8. The van der Waals surface area contributed by atoms with Crippen molar-refractivity contribution >= 4 is 0 Å². The van der Waals surface area contributed by atoms with Crippen molar-refractivity contribution in [1.82, 2.24) is 9.80 Å². The molecule has 130 valence electrons. The van der Waals surface area contributed by atoms with Gasteiger partial charge in [-0.25, -0.2) is 8.78 Å². The first-order valence-electron chi connectivity index (χ1n) is 8.56. The average Bonchev–Trinajstić information content (AvgIpc) is 3.13. The fourth-order valence-corrected chi connectivity index (χ4v) is 4.30. The van der Waals surface area contributed by atoms with E-state index in [1.165, 1.54) is 17.5 Å². The number of rotatable bonds is 2. The molecule has 1 aromatic carbocycles. The molecule has 1 saturated heterocycles. The Morgan fingerprint density at radius 2 is 1.96 bits per heavy atom. The molecule has 4 rings (SSSR count). The summed E-state index contributed by atoms with van der Waals surface area (Å²) >= 11 is 0. The molecule has 3 atom stereocenters.